The van der Waals surface area contributed by atoms with Gasteiger partial charge in [0.25, 0.3) is 11.1 Å². The van der Waals surface area contributed by atoms with Crippen LogP contribution in [-0.4, -0.2) is 111 Å². The number of aliphatic hydroxyl groups excluding tert-OH is 2. The highest BCUT2D eigenvalue weighted by molar-refractivity contribution is 7.51. The number of hydrogen-bond donors (Lipinski definition) is 7. The number of aromatic amines is 2. The van der Waals surface area contributed by atoms with Crippen molar-refractivity contribution in [3.63, 3.8) is 0 Å². The van der Waals surface area contributed by atoms with Crippen LogP contribution >= 0.6 is 7.75 Å². The first-order valence-electron chi connectivity index (χ1n) is 26.3. The van der Waals surface area contributed by atoms with Gasteiger partial charge >= 0.3 is 19.1 Å². The number of carbonyl (C=O) groups is 1. The SMILES string of the molecule is Cc1cn([C@H]2C[C@H](N=[N+]=[N-])[C@@H](COP(=O)(NCCNCCNC(=O)CCC(C)[C@H]3CC[C@H]4[C@@H]5CC[C@@H]6C[C@H](O)CC[C@]6(C)[C@H]5C[C@H](O)[C@]34C)OC[C@H]3O[C@@H](n4cc(C)c(=O)[nH]c4=O)C[C@@H]3N=[N+]=[N-])O2)c(=O)[nH]c1=O. The van der Waals surface area contributed by atoms with Gasteiger partial charge in [0.05, 0.1) is 49.7 Å². The number of aliphatic hydroxyl groups is 2. The molecule has 0 radical (unpaired) electrons. The molecule has 2 aliphatic heterocycles. The Bertz CT molecular complexity index is 2620. The highest BCUT2D eigenvalue weighted by atomic mass is 31.2. The summed E-state index contributed by atoms with van der Waals surface area (Å²) in [4.78, 5) is 72.9. The number of nitrogens with one attached hydrogen (secondary N) is 5. The standard InChI is InChI=1S/C48H74N13O12P/c1-26(32-9-10-33-31-8-7-29-18-30(62)12-13-47(29,4)34(31)19-39(63)48(32,33)5)6-11-40(64)52-16-14-51-15-17-53-74(69,70-24-37-35(56-58-49)20-41(72-37)60-22-27(2)43(65)54-45(60)67)71-25-38-36(57-59-50)21-42(73-38)61-23-28(3)44(66)55-46(61)68/h22-23,26,29-39,41-42,51,62-63H,6-21,24-25H2,1-5H3,(H,52,64)(H,53,69)(H,54,65,67)(H,55,66,68)/t26?,29-,30-,31+,32-,33+,34+,35+,36+,37-,38-,39+,41-,42-,47+,48-/m1/s1. The minimum Gasteiger partial charge on any atom is -0.393 e. The number of amides is 1. The Morgan fingerprint density at radius 2 is 1.42 bits per heavy atom. The van der Waals surface area contributed by atoms with Crippen LogP contribution in [0.2, 0.25) is 0 Å². The molecule has 0 aromatic carbocycles. The Hall–Kier alpha value is -4.64. The van der Waals surface area contributed by atoms with Gasteiger partial charge in [0.1, 0.15) is 12.5 Å². The number of azide groups is 2. The third-order valence-corrected chi connectivity index (χ3v) is 19.7. The maximum atomic E-state index is 14.5. The Morgan fingerprint density at radius 3 is 2.00 bits per heavy atom. The van der Waals surface area contributed by atoms with E-state index in [-0.39, 0.29) is 71.9 Å². The van der Waals surface area contributed by atoms with Crippen LogP contribution in [0.15, 0.2) is 41.8 Å². The minimum atomic E-state index is -4.33. The lowest BCUT2D eigenvalue weighted by Gasteiger charge is -2.62. The maximum Gasteiger partial charge on any atom is 0.405 e. The zero-order valence-electron chi connectivity index (χ0n) is 43.0. The lowest BCUT2D eigenvalue weighted by molar-refractivity contribution is -0.174. The van der Waals surface area contributed by atoms with Gasteiger partial charge in [0.2, 0.25) is 5.91 Å². The molecule has 25 nitrogen and oxygen atoms in total. The summed E-state index contributed by atoms with van der Waals surface area (Å²) in [6.45, 7) is 10.1. The van der Waals surface area contributed by atoms with E-state index in [1.54, 1.807) is 0 Å². The molecule has 16 atom stereocenters. The molecule has 408 valence electrons. The topological polar surface area (TPSA) is 355 Å². The molecule has 0 spiro atoms. The number of carbonyl (C=O) groups excluding carboxylic acids is 1. The first kappa shape index (κ1) is 55.6. The number of rotatable bonds is 21. The van der Waals surface area contributed by atoms with Crippen LogP contribution in [0, 0.1) is 60.2 Å². The lowest BCUT2D eigenvalue weighted by Crippen LogP contribution is -2.58. The summed E-state index contributed by atoms with van der Waals surface area (Å²) in [7, 11) is -4.33. The Labute approximate surface area is 428 Å². The van der Waals surface area contributed by atoms with Crippen LogP contribution in [0.3, 0.4) is 0 Å². The second kappa shape index (κ2) is 23.3. The molecule has 0 bridgehead atoms. The van der Waals surface area contributed by atoms with Gasteiger partial charge < -0.3 is 30.3 Å². The van der Waals surface area contributed by atoms with Crippen LogP contribution in [0.4, 0.5) is 0 Å². The van der Waals surface area contributed by atoms with E-state index in [9.17, 15) is 49.8 Å². The molecular weight excluding hydrogens is 982 g/mol. The number of ether oxygens (including phenoxy) is 2. The fourth-order valence-corrected chi connectivity index (χ4v) is 15.4. The second-order valence-corrected chi connectivity index (χ2v) is 24.1. The number of aryl methyl sites for hydroxylation is 2. The number of fused-ring (bicyclic) bond motifs is 5. The summed E-state index contributed by atoms with van der Waals surface area (Å²) in [5, 5.41) is 39.1. The molecule has 2 aromatic rings. The van der Waals surface area contributed by atoms with Crippen molar-refractivity contribution in [2.24, 2.45) is 56.6 Å². The second-order valence-electron chi connectivity index (χ2n) is 22.2. The van der Waals surface area contributed by atoms with E-state index < -0.39 is 80.2 Å². The van der Waals surface area contributed by atoms with Gasteiger partial charge in [-0.05, 0) is 129 Å². The third-order valence-electron chi connectivity index (χ3n) is 18.1. The van der Waals surface area contributed by atoms with Gasteiger partial charge in [-0.25, -0.2) is 19.2 Å². The Kier molecular flexibility index (Phi) is 17.5. The van der Waals surface area contributed by atoms with E-state index in [1.807, 2.05) is 0 Å². The number of aromatic nitrogens is 4. The number of hydrogen-bond acceptors (Lipinski definition) is 15. The molecule has 4 aliphatic carbocycles. The third kappa shape index (κ3) is 11.7. The van der Waals surface area contributed by atoms with Crippen LogP contribution < -0.4 is 38.2 Å². The number of nitrogens with zero attached hydrogens (tertiary/aromatic N) is 8. The largest absolute Gasteiger partial charge is 0.405 e. The fourth-order valence-electron chi connectivity index (χ4n) is 14.0. The summed E-state index contributed by atoms with van der Waals surface area (Å²) in [6, 6.07) is -1.77. The van der Waals surface area contributed by atoms with Crippen molar-refractivity contribution < 1.29 is 38.1 Å². The van der Waals surface area contributed by atoms with Gasteiger partial charge in [0.15, 0.2) is 0 Å². The van der Waals surface area contributed by atoms with Gasteiger partial charge in [-0.3, -0.25) is 42.5 Å². The quantitative estimate of drug-likeness (QED) is 0.0298. The van der Waals surface area contributed by atoms with E-state index >= 15 is 0 Å². The predicted molar refractivity (Wildman–Crippen MR) is 269 cm³/mol. The van der Waals surface area contributed by atoms with Crippen LogP contribution in [-0.2, 0) is 27.9 Å². The van der Waals surface area contributed by atoms with Crippen molar-refractivity contribution in [1.82, 2.24) is 34.8 Å². The summed E-state index contributed by atoms with van der Waals surface area (Å²) >= 11 is 0. The molecule has 6 aliphatic rings. The highest BCUT2D eigenvalue weighted by Gasteiger charge is 2.63. The van der Waals surface area contributed by atoms with Gasteiger partial charge in [-0.1, -0.05) is 31.0 Å². The molecule has 4 saturated carbocycles. The van der Waals surface area contributed by atoms with Crippen LogP contribution in [0.25, 0.3) is 20.9 Å². The molecule has 6 fully saturated rings. The first-order valence-corrected chi connectivity index (χ1v) is 27.8. The van der Waals surface area contributed by atoms with Crippen LogP contribution in [0.5, 0.6) is 0 Å². The predicted octanol–water partition coefficient (Wildman–Crippen LogP) is 4.48. The molecule has 1 amide bonds. The maximum absolute atomic E-state index is 14.5. The average molecular weight is 1060 g/mol. The van der Waals surface area contributed by atoms with E-state index in [4.69, 9.17) is 18.5 Å². The van der Waals surface area contributed by atoms with Crippen molar-refractivity contribution in [2.75, 3.05) is 39.4 Å². The van der Waals surface area contributed by atoms with E-state index in [2.05, 4.69) is 66.5 Å². The molecule has 2 aromatic heterocycles. The van der Waals surface area contributed by atoms with Crippen molar-refractivity contribution in [3.8, 4) is 0 Å². The molecule has 2 saturated heterocycles. The average Bonchev–Trinajstić information content (AvgIpc) is 4.07. The molecule has 7 N–H and O–H groups in total. The Morgan fingerprint density at radius 1 is 0.838 bits per heavy atom. The molecule has 1 unspecified atom stereocenters. The van der Waals surface area contributed by atoms with Crippen molar-refractivity contribution >= 4 is 13.7 Å². The van der Waals surface area contributed by atoms with Crippen molar-refractivity contribution in [3.05, 3.63) is 86.1 Å². The molecule has 8 rings (SSSR count). The smallest absolute Gasteiger partial charge is 0.393 e. The van der Waals surface area contributed by atoms with Crippen LogP contribution in [0.1, 0.15) is 121 Å². The zero-order chi connectivity index (χ0) is 53.1. The minimum absolute atomic E-state index is 0.0233. The van der Waals surface area contributed by atoms with Crippen molar-refractivity contribution in [1.29, 1.82) is 0 Å². The molecular formula is C48H74N13O12P. The van der Waals surface area contributed by atoms with E-state index in [0.29, 0.717) is 55.5 Å². The zero-order valence-corrected chi connectivity index (χ0v) is 43.9. The fraction of sp³-hybridized carbons (Fsp3) is 0.812. The highest BCUT2D eigenvalue weighted by Crippen LogP contribution is 2.68. The Balaban J connectivity index is 0.832. The van der Waals surface area contributed by atoms with E-state index in [0.717, 1.165) is 54.1 Å². The number of H-pyrrole nitrogens is 2. The van der Waals surface area contributed by atoms with Gasteiger partial charge in [0, 0.05) is 78.8 Å². The first-order chi connectivity index (χ1) is 35.3. The molecule has 4 heterocycles. The molecule has 74 heavy (non-hydrogen) atoms. The molecule has 26 heteroatoms. The normalized spacial score (nSPS) is 35.6. The summed E-state index contributed by atoms with van der Waals surface area (Å²) < 4.78 is 40.8. The van der Waals surface area contributed by atoms with Gasteiger partial charge in [-0.15, -0.1) is 0 Å². The van der Waals surface area contributed by atoms with Crippen molar-refractivity contribution in [2.45, 2.75) is 161 Å². The van der Waals surface area contributed by atoms with E-state index in [1.165, 1.54) is 32.7 Å². The van der Waals surface area contributed by atoms with Gasteiger partial charge in [-0.2, -0.15) is 0 Å². The summed E-state index contributed by atoms with van der Waals surface area (Å²) in [6.07, 6.45) is 7.29. The lowest BCUT2D eigenvalue weighted by atomic mass is 9.43. The monoisotopic (exact) mass is 1060 g/mol. The summed E-state index contributed by atoms with van der Waals surface area (Å²) in [5.74, 6) is 2.59. The summed E-state index contributed by atoms with van der Waals surface area (Å²) in [5.41, 5.74) is 16.6.